The number of hydrogen-bond acceptors (Lipinski definition) is 6. The predicted molar refractivity (Wildman–Crippen MR) is 156 cm³/mol. The Labute approximate surface area is 247 Å². The molecule has 2 aliphatic heterocycles. The quantitative estimate of drug-likeness (QED) is 0.279. The van der Waals surface area contributed by atoms with Crippen molar-refractivity contribution in [2.75, 3.05) is 25.2 Å². The van der Waals surface area contributed by atoms with Crippen molar-refractivity contribution >= 4 is 29.4 Å². The number of imidazole rings is 1. The van der Waals surface area contributed by atoms with Gasteiger partial charge in [0.25, 0.3) is 0 Å². The zero-order chi connectivity index (χ0) is 29.4. The molecule has 216 valence electrons. The van der Waals surface area contributed by atoms with Gasteiger partial charge in [-0.3, -0.25) is 19.9 Å². The van der Waals surface area contributed by atoms with Crippen molar-refractivity contribution in [1.29, 1.82) is 0 Å². The maximum atomic E-state index is 14.1. The number of halogens is 2. The molecule has 1 N–H and O–H groups in total. The molecular formula is C31H29ClFN5O4. The first-order valence-electron chi connectivity index (χ1n) is 13.5. The van der Waals surface area contributed by atoms with Gasteiger partial charge in [-0.15, -0.1) is 0 Å². The van der Waals surface area contributed by atoms with Crippen molar-refractivity contribution in [1.82, 2.24) is 19.8 Å². The number of fused-ring (bicyclic) bond motifs is 1. The smallest absolute Gasteiger partial charge is 0.329 e. The molecule has 11 heteroatoms. The second-order valence-corrected chi connectivity index (χ2v) is 10.7. The summed E-state index contributed by atoms with van der Waals surface area (Å²) in [6.07, 6.45) is 1.91. The molecule has 1 aromatic heterocycles. The van der Waals surface area contributed by atoms with E-state index in [0.29, 0.717) is 37.8 Å². The lowest BCUT2D eigenvalue weighted by Gasteiger charge is -2.26. The van der Waals surface area contributed by atoms with Gasteiger partial charge in [-0.1, -0.05) is 41.9 Å². The SMILES string of the molecule is COC[C@@H]1c2ccc(-c3ncc(N4CCC(=O)NC4=O)n3C)cc2CN1Cc1ccc(Oc2c(F)cccc2Cl)cc1. The van der Waals surface area contributed by atoms with E-state index in [0.717, 1.165) is 17.0 Å². The number of para-hydroxylation sites is 1. The first-order chi connectivity index (χ1) is 20.3. The van der Waals surface area contributed by atoms with Crippen molar-refractivity contribution in [3.63, 3.8) is 0 Å². The van der Waals surface area contributed by atoms with Gasteiger partial charge < -0.3 is 14.0 Å². The fraction of sp³-hybridized carbons (Fsp3) is 0.258. The van der Waals surface area contributed by atoms with E-state index < -0.39 is 11.8 Å². The summed E-state index contributed by atoms with van der Waals surface area (Å²) in [5.41, 5.74) is 4.37. The number of benzene rings is 3. The maximum Gasteiger partial charge on any atom is 0.329 e. The Balaban J connectivity index is 1.19. The normalized spacial score (nSPS) is 17.0. The van der Waals surface area contributed by atoms with Crippen LogP contribution in [-0.4, -0.2) is 46.7 Å². The minimum Gasteiger partial charge on any atom is -0.453 e. The molecule has 0 radical (unpaired) electrons. The van der Waals surface area contributed by atoms with Gasteiger partial charge in [0.05, 0.1) is 23.9 Å². The zero-order valence-electron chi connectivity index (χ0n) is 23.1. The van der Waals surface area contributed by atoms with E-state index in [1.54, 1.807) is 19.4 Å². The van der Waals surface area contributed by atoms with E-state index >= 15 is 0 Å². The second-order valence-electron chi connectivity index (χ2n) is 10.3. The van der Waals surface area contributed by atoms with Crippen LogP contribution in [0.4, 0.5) is 15.0 Å². The minimum absolute atomic E-state index is 0.00648. The molecule has 2 aliphatic rings. The molecule has 0 bridgehead atoms. The summed E-state index contributed by atoms with van der Waals surface area (Å²) in [5, 5.41) is 2.57. The van der Waals surface area contributed by atoms with E-state index in [1.165, 1.54) is 28.2 Å². The van der Waals surface area contributed by atoms with Gasteiger partial charge in [-0.25, -0.2) is 14.2 Å². The Hall–Kier alpha value is -4.25. The van der Waals surface area contributed by atoms with Crippen LogP contribution < -0.4 is 15.0 Å². The number of rotatable bonds is 8. The summed E-state index contributed by atoms with van der Waals surface area (Å²) in [7, 11) is 3.56. The molecule has 9 nitrogen and oxygen atoms in total. The highest BCUT2D eigenvalue weighted by atomic mass is 35.5. The molecular weight excluding hydrogens is 561 g/mol. The van der Waals surface area contributed by atoms with Crippen molar-refractivity contribution in [3.05, 3.63) is 94.4 Å². The number of nitrogens with one attached hydrogen (secondary N) is 1. The summed E-state index contributed by atoms with van der Waals surface area (Å²) < 4.78 is 27.3. The molecule has 0 aliphatic carbocycles. The Morgan fingerprint density at radius 3 is 2.67 bits per heavy atom. The molecule has 6 rings (SSSR count). The molecule has 3 aromatic carbocycles. The highest BCUT2D eigenvalue weighted by Crippen LogP contribution is 2.38. The van der Waals surface area contributed by atoms with Crippen molar-refractivity contribution in [2.45, 2.75) is 25.6 Å². The largest absolute Gasteiger partial charge is 0.453 e. The molecule has 4 aromatic rings. The fourth-order valence-corrected chi connectivity index (χ4v) is 5.75. The van der Waals surface area contributed by atoms with Crippen LogP contribution in [0, 0.1) is 5.82 Å². The molecule has 0 saturated carbocycles. The Morgan fingerprint density at radius 1 is 1.12 bits per heavy atom. The van der Waals surface area contributed by atoms with Crippen LogP contribution in [0.2, 0.25) is 5.02 Å². The average Bonchev–Trinajstić information content (AvgIpc) is 3.51. The first-order valence-corrected chi connectivity index (χ1v) is 13.9. The van der Waals surface area contributed by atoms with E-state index in [1.807, 2.05) is 41.9 Å². The van der Waals surface area contributed by atoms with E-state index in [-0.39, 0.29) is 29.1 Å². The number of amides is 3. The topological polar surface area (TPSA) is 88.9 Å². The van der Waals surface area contributed by atoms with Crippen molar-refractivity contribution in [2.24, 2.45) is 7.05 Å². The Morgan fingerprint density at radius 2 is 1.93 bits per heavy atom. The molecule has 3 heterocycles. The lowest BCUT2D eigenvalue weighted by Crippen LogP contribution is -2.50. The third-order valence-corrected chi connectivity index (χ3v) is 7.94. The lowest BCUT2D eigenvalue weighted by molar-refractivity contribution is -0.120. The maximum absolute atomic E-state index is 14.1. The van der Waals surface area contributed by atoms with Crippen molar-refractivity contribution < 1.29 is 23.5 Å². The summed E-state index contributed by atoms with van der Waals surface area (Å²) in [4.78, 5) is 32.4. The Bertz CT molecular complexity index is 1640. The number of hydrogen-bond donors (Lipinski definition) is 1. The number of urea groups is 1. The standard InChI is InChI=1S/C31H29ClFN5O4/c1-36-28(38-13-12-27(39)35-31(38)40)15-34-30(36)20-8-11-23-21(14-20)17-37(26(23)18-41-2)16-19-6-9-22(10-7-19)42-29-24(32)4-3-5-25(29)33/h3-11,14-15,26H,12-13,16-18H2,1-2H3,(H,35,39,40)/t26-/m1/s1. The van der Waals surface area contributed by atoms with E-state index in [9.17, 15) is 14.0 Å². The number of imide groups is 1. The molecule has 0 spiro atoms. The average molecular weight is 590 g/mol. The number of aromatic nitrogens is 2. The summed E-state index contributed by atoms with van der Waals surface area (Å²) in [5.74, 6) is 1.06. The van der Waals surface area contributed by atoms with Gasteiger partial charge in [0.1, 0.15) is 17.4 Å². The number of carbonyl (C=O) groups is 2. The molecule has 1 saturated heterocycles. The number of methoxy groups -OCH3 is 1. The lowest BCUT2D eigenvalue weighted by atomic mass is 10.0. The van der Waals surface area contributed by atoms with Gasteiger partial charge in [-0.2, -0.15) is 0 Å². The third-order valence-electron chi connectivity index (χ3n) is 7.64. The summed E-state index contributed by atoms with van der Waals surface area (Å²) in [6.45, 7) is 2.24. The summed E-state index contributed by atoms with van der Waals surface area (Å²) >= 11 is 6.10. The number of ether oxygens (including phenoxy) is 2. The van der Waals surface area contributed by atoms with Crippen LogP contribution in [0.5, 0.6) is 11.5 Å². The molecule has 1 atom stereocenters. The van der Waals surface area contributed by atoms with Crippen LogP contribution in [0.3, 0.4) is 0 Å². The van der Waals surface area contributed by atoms with E-state index in [2.05, 4.69) is 27.3 Å². The Kier molecular flexibility index (Phi) is 7.68. The van der Waals surface area contributed by atoms with E-state index in [4.69, 9.17) is 21.1 Å². The minimum atomic E-state index is -0.515. The highest BCUT2D eigenvalue weighted by molar-refractivity contribution is 6.32. The van der Waals surface area contributed by atoms with Gasteiger partial charge in [-0.05, 0) is 47.0 Å². The number of carbonyl (C=O) groups excluding carboxylic acids is 2. The molecule has 0 unspecified atom stereocenters. The van der Waals surface area contributed by atoms with Gasteiger partial charge in [0.15, 0.2) is 11.6 Å². The van der Waals surface area contributed by atoms with Crippen LogP contribution in [-0.2, 0) is 29.7 Å². The van der Waals surface area contributed by atoms with Crippen LogP contribution in [0.15, 0.2) is 66.9 Å². The van der Waals surface area contributed by atoms with Crippen molar-refractivity contribution in [3.8, 4) is 22.9 Å². The number of anilines is 1. The molecule has 1 fully saturated rings. The van der Waals surface area contributed by atoms with Crippen LogP contribution in [0.1, 0.15) is 29.2 Å². The fourth-order valence-electron chi connectivity index (χ4n) is 5.55. The van der Waals surface area contributed by atoms with Gasteiger partial charge >= 0.3 is 6.03 Å². The van der Waals surface area contributed by atoms with Crippen LogP contribution in [0.25, 0.3) is 11.4 Å². The molecule has 42 heavy (non-hydrogen) atoms. The first kappa shape index (κ1) is 27.9. The molecule has 3 amide bonds. The monoisotopic (exact) mass is 589 g/mol. The van der Waals surface area contributed by atoms with Gasteiger partial charge in [0.2, 0.25) is 5.91 Å². The zero-order valence-corrected chi connectivity index (χ0v) is 23.9. The predicted octanol–water partition coefficient (Wildman–Crippen LogP) is 5.82. The highest BCUT2D eigenvalue weighted by Gasteiger charge is 2.31. The van der Waals surface area contributed by atoms with Crippen LogP contribution >= 0.6 is 11.6 Å². The number of nitrogens with zero attached hydrogens (tertiary/aromatic N) is 4. The van der Waals surface area contributed by atoms with Gasteiger partial charge in [0, 0.05) is 45.8 Å². The summed E-state index contributed by atoms with van der Waals surface area (Å²) in [6, 6.07) is 17.9. The second kappa shape index (κ2) is 11.6. The third kappa shape index (κ3) is 5.36.